The second-order valence-corrected chi connectivity index (χ2v) is 4.79. The van der Waals surface area contributed by atoms with Gasteiger partial charge >= 0.3 is 0 Å². The van der Waals surface area contributed by atoms with E-state index in [-0.39, 0.29) is 0 Å². The van der Waals surface area contributed by atoms with Crippen molar-refractivity contribution >= 4 is 5.82 Å². The van der Waals surface area contributed by atoms with Crippen LogP contribution in [0.4, 0.5) is 5.82 Å². The van der Waals surface area contributed by atoms with Gasteiger partial charge in [-0.25, -0.2) is 9.97 Å². The van der Waals surface area contributed by atoms with Crippen molar-refractivity contribution in [3.05, 3.63) is 42.2 Å². The van der Waals surface area contributed by atoms with Gasteiger partial charge in [-0.05, 0) is 30.4 Å². The quantitative estimate of drug-likeness (QED) is 0.891. The lowest BCUT2D eigenvalue weighted by atomic mass is 9.79. The maximum atomic E-state index is 4.35. The molecule has 1 heterocycles. The van der Waals surface area contributed by atoms with Crippen molar-refractivity contribution in [3.8, 4) is 11.3 Å². The largest absolute Gasteiger partial charge is 0.373 e. The minimum absolute atomic E-state index is 0.760. The molecule has 1 aliphatic carbocycles. The highest BCUT2D eigenvalue weighted by Crippen LogP contribution is 2.37. The Balaban J connectivity index is 1.94. The van der Waals surface area contributed by atoms with Gasteiger partial charge in [0, 0.05) is 18.7 Å². The summed E-state index contributed by atoms with van der Waals surface area (Å²) in [5.74, 6) is 1.62. The van der Waals surface area contributed by atoms with Crippen LogP contribution in [0.15, 0.2) is 36.7 Å². The first-order valence-corrected chi connectivity index (χ1v) is 6.47. The number of nitrogens with one attached hydrogen (secondary N) is 1. The molecule has 0 amide bonds. The standard InChI is InChI=1S/C15H17N3/c1-16-15-9-14(17-10-18-15)13-7-3-6-12(8-13)11-4-2-5-11/h3,6-11H,2,4-5H2,1H3,(H,16,17,18). The van der Waals surface area contributed by atoms with E-state index in [1.165, 1.54) is 30.4 Å². The molecule has 0 unspecified atom stereocenters. The summed E-state index contributed by atoms with van der Waals surface area (Å²) in [5, 5.41) is 3.05. The lowest BCUT2D eigenvalue weighted by molar-refractivity contribution is 0.420. The number of hydrogen-bond acceptors (Lipinski definition) is 3. The fraction of sp³-hybridized carbons (Fsp3) is 0.333. The molecule has 0 aliphatic heterocycles. The van der Waals surface area contributed by atoms with Gasteiger partial charge < -0.3 is 5.32 Å². The van der Waals surface area contributed by atoms with Gasteiger partial charge in [0.1, 0.15) is 12.1 Å². The molecule has 1 N–H and O–H groups in total. The van der Waals surface area contributed by atoms with Crippen LogP contribution in [0.5, 0.6) is 0 Å². The highest BCUT2D eigenvalue weighted by Gasteiger charge is 2.19. The number of nitrogens with zero attached hydrogens (tertiary/aromatic N) is 2. The lowest BCUT2D eigenvalue weighted by Crippen LogP contribution is -2.08. The van der Waals surface area contributed by atoms with Crippen LogP contribution in [0.1, 0.15) is 30.7 Å². The lowest BCUT2D eigenvalue weighted by Gasteiger charge is -2.26. The molecule has 2 aromatic rings. The second kappa shape index (κ2) is 4.77. The Morgan fingerprint density at radius 3 is 2.78 bits per heavy atom. The predicted octanol–water partition coefficient (Wildman–Crippen LogP) is 3.45. The topological polar surface area (TPSA) is 37.8 Å². The third-order valence-electron chi connectivity index (χ3n) is 3.68. The van der Waals surface area contributed by atoms with E-state index in [4.69, 9.17) is 0 Å². The molecule has 18 heavy (non-hydrogen) atoms. The van der Waals surface area contributed by atoms with E-state index in [0.717, 1.165) is 17.4 Å². The highest BCUT2D eigenvalue weighted by atomic mass is 15.0. The van der Waals surface area contributed by atoms with Crippen molar-refractivity contribution in [1.29, 1.82) is 0 Å². The van der Waals surface area contributed by atoms with Crippen LogP contribution < -0.4 is 5.32 Å². The molecular formula is C15H17N3. The van der Waals surface area contributed by atoms with Crippen LogP contribution in [-0.4, -0.2) is 17.0 Å². The number of anilines is 1. The van der Waals surface area contributed by atoms with Gasteiger partial charge in [-0.3, -0.25) is 0 Å². The van der Waals surface area contributed by atoms with Gasteiger partial charge in [-0.1, -0.05) is 24.6 Å². The Morgan fingerprint density at radius 1 is 1.17 bits per heavy atom. The van der Waals surface area contributed by atoms with Crippen LogP contribution >= 0.6 is 0 Å². The molecule has 1 aliphatic rings. The Labute approximate surface area is 107 Å². The van der Waals surface area contributed by atoms with Crippen LogP contribution in [0.25, 0.3) is 11.3 Å². The van der Waals surface area contributed by atoms with Crippen LogP contribution in [0.2, 0.25) is 0 Å². The number of benzene rings is 1. The first kappa shape index (κ1) is 11.2. The van der Waals surface area contributed by atoms with Gasteiger partial charge in [0.15, 0.2) is 0 Å². The molecule has 92 valence electrons. The normalized spacial score (nSPS) is 15.2. The Kier molecular flexibility index (Phi) is 2.97. The monoisotopic (exact) mass is 239 g/mol. The summed E-state index contributed by atoms with van der Waals surface area (Å²) in [6.45, 7) is 0. The van der Waals surface area contributed by atoms with Crippen molar-refractivity contribution in [2.24, 2.45) is 0 Å². The van der Waals surface area contributed by atoms with Gasteiger partial charge in [0.2, 0.25) is 0 Å². The van der Waals surface area contributed by atoms with Crippen molar-refractivity contribution in [2.45, 2.75) is 25.2 Å². The molecule has 3 nitrogen and oxygen atoms in total. The average Bonchev–Trinajstić information content (AvgIpc) is 2.37. The smallest absolute Gasteiger partial charge is 0.129 e. The van der Waals surface area contributed by atoms with Crippen LogP contribution in [0, 0.1) is 0 Å². The first-order chi connectivity index (χ1) is 8.86. The van der Waals surface area contributed by atoms with Crippen molar-refractivity contribution in [3.63, 3.8) is 0 Å². The highest BCUT2D eigenvalue weighted by molar-refractivity contribution is 5.63. The summed E-state index contributed by atoms with van der Waals surface area (Å²) in [6, 6.07) is 10.7. The fourth-order valence-electron chi connectivity index (χ4n) is 2.35. The van der Waals surface area contributed by atoms with Crippen molar-refractivity contribution < 1.29 is 0 Å². The zero-order chi connectivity index (χ0) is 12.4. The van der Waals surface area contributed by atoms with E-state index >= 15 is 0 Å². The van der Waals surface area contributed by atoms with E-state index in [1.54, 1.807) is 6.33 Å². The molecule has 0 bridgehead atoms. The van der Waals surface area contributed by atoms with E-state index in [0.29, 0.717) is 0 Å². The number of rotatable bonds is 3. The van der Waals surface area contributed by atoms with Gasteiger partial charge in [0.25, 0.3) is 0 Å². The molecule has 0 spiro atoms. The van der Waals surface area contributed by atoms with Crippen LogP contribution in [0.3, 0.4) is 0 Å². The minimum Gasteiger partial charge on any atom is -0.373 e. The minimum atomic E-state index is 0.760. The van der Waals surface area contributed by atoms with E-state index in [9.17, 15) is 0 Å². The molecule has 0 saturated heterocycles. The molecule has 1 saturated carbocycles. The van der Waals surface area contributed by atoms with Gasteiger partial charge in [-0.15, -0.1) is 0 Å². The predicted molar refractivity (Wildman–Crippen MR) is 73.6 cm³/mol. The maximum Gasteiger partial charge on any atom is 0.129 e. The Morgan fingerprint density at radius 2 is 2.06 bits per heavy atom. The molecule has 1 fully saturated rings. The molecule has 1 aromatic carbocycles. The Hall–Kier alpha value is -1.90. The summed E-state index contributed by atoms with van der Waals surface area (Å²) in [5.41, 5.74) is 3.61. The van der Waals surface area contributed by atoms with E-state index in [2.05, 4.69) is 39.6 Å². The third kappa shape index (κ3) is 2.08. The summed E-state index contributed by atoms with van der Waals surface area (Å²) in [7, 11) is 1.87. The third-order valence-corrected chi connectivity index (χ3v) is 3.68. The summed E-state index contributed by atoms with van der Waals surface area (Å²) in [4.78, 5) is 8.50. The molecule has 0 atom stereocenters. The molecule has 1 aromatic heterocycles. The van der Waals surface area contributed by atoms with E-state index < -0.39 is 0 Å². The number of hydrogen-bond donors (Lipinski definition) is 1. The first-order valence-electron chi connectivity index (χ1n) is 6.47. The van der Waals surface area contributed by atoms with Crippen molar-refractivity contribution in [1.82, 2.24) is 9.97 Å². The molecule has 0 radical (unpaired) electrons. The van der Waals surface area contributed by atoms with Crippen molar-refractivity contribution in [2.75, 3.05) is 12.4 Å². The zero-order valence-corrected chi connectivity index (χ0v) is 10.6. The Bertz CT molecular complexity index is 547. The molecular weight excluding hydrogens is 222 g/mol. The molecule has 3 rings (SSSR count). The SMILES string of the molecule is CNc1cc(-c2cccc(C3CCC3)c2)ncn1. The number of aromatic nitrogens is 2. The van der Waals surface area contributed by atoms with Gasteiger partial charge in [-0.2, -0.15) is 0 Å². The summed E-state index contributed by atoms with van der Waals surface area (Å²) < 4.78 is 0. The maximum absolute atomic E-state index is 4.35. The van der Waals surface area contributed by atoms with E-state index in [1.807, 2.05) is 13.1 Å². The fourth-order valence-corrected chi connectivity index (χ4v) is 2.35. The zero-order valence-electron chi connectivity index (χ0n) is 10.6. The summed E-state index contributed by atoms with van der Waals surface area (Å²) in [6.07, 6.45) is 5.63. The van der Waals surface area contributed by atoms with Gasteiger partial charge in [0.05, 0.1) is 5.69 Å². The molecule has 3 heteroatoms. The summed E-state index contributed by atoms with van der Waals surface area (Å²) >= 11 is 0. The second-order valence-electron chi connectivity index (χ2n) is 4.79. The average molecular weight is 239 g/mol. The van der Waals surface area contributed by atoms with Crippen LogP contribution in [-0.2, 0) is 0 Å².